The summed E-state index contributed by atoms with van der Waals surface area (Å²) in [5.74, 6) is -0.0148. The van der Waals surface area contributed by atoms with Gasteiger partial charge in [-0.2, -0.15) is 19.2 Å². The number of anilines is 1. The standard InChI is InChI=1S/C12H14FN9O3/c1-2-22-19-9(18-20-22)7-5(23)6(24)11(25-7)21-3-15-4-8(14)16-12(13)17-10(4)21/h3,5-7,11,23-24H,2H2,1H3,(H2,14,16,17)/t5-,6+,7-,11+/m0/s1. The molecule has 12 nitrogen and oxygen atoms in total. The van der Waals surface area contributed by atoms with Crippen LogP contribution in [0.3, 0.4) is 0 Å². The molecule has 3 aromatic rings. The number of fused-ring (bicyclic) bond motifs is 1. The molecule has 4 rings (SSSR count). The molecule has 25 heavy (non-hydrogen) atoms. The van der Waals surface area contributed by atoms with Gasteiger partial charge in [0.2, 0.25) is 5.82 Å². The van der Waals surface area contributed by atoms with Crippen molar-refractivity contribution in [2.75, 3.05) is 5.73 Å². The van der Waals surface area contributed by atoms with E-state index < -0.39 is 30.6 Å². The van der Waals surface area contributed by atoms with Crippen LogP contribution >= 0.6 is 0 Å². The molecule has 132 valence electrons. The van der Waals surface area contributed by atoms with E-state index in [-0.39, 0.29) is 22.8 Å². The number of rotatable bonds is 3. The molecule has 0 bridgehead atoms. The van der Waals surface area contributed by atoms with Crippen molar-refractivity contribution in [1.29, 1.82) is 0 Å². The summed E-state index contributed by atoms with van der Waals surface area (Å²) >= 11 is 0. The van der Waals surface area contributed by atoms with Crippen LogP contribution in [0, 0.1) is 6.08 Å². The first-order chi connectivity index (χ1) is 12.0. The van der Waals surface area contributed by atoms with Crippen molar-refractivity contribution in [3.8, 4) is 0 Å². The van der Waals surface area contributed by atoms with Gasteiger partial charge < -0.3 is 20.7 Å². The first-order valence-electron chi connectivity index (χ1n) is 7.44. The highest BCUT2D eigenvalue weighted by Crippen LogP contribution is 2.38. The Bertz CT molecular complexity index is 928. The van der Waals surface area contributed by atoms with E-state index in [4.69, 9.17) is 10.5 Å². The fourth-order valence-corrected chi connectivity index (χ4v) is 2.70. The quantitative estimate of drug-likeness (QED) is 0.475. The van der Waals surface area contributed by atoms with Gasteiger partial charge in [0, 0.05) is 0 Å². The predicted molar refractivity (Wildman–Crippen MR) is 78.1 cm³/mol. The maximum atomic E-state index is 13.5. The topological polar surface area (TPSA) is 163 Å². The highest BCUT2D eigenvalue weighted by molar-refractivity contribution is 5.81. The zero-order valence-electron chi connectivity index (χ0n) is 12.9. The lowest BCUT2D eigenvalue weighted by Crippen LogP contribution is -2.29. The summed E-state index contributed by atoms with van der Waals surface area (Å²) in [6, 6.07) is 0. The summed E-state index contributed by atoms with van der Waals surface area (Å²) in [4.78, 5) is 12.4. The van der Waals surface area contributed by atoms with E-state index in [0.29, 0.717) is 6.54 Å². The van der Waals surface area contributed by atoms with Crippen LogP contribution in [0.4, 0.5) is 10.2 Å². The summed E-state index contributed by atoms with van der Waals surface area (Å²) in [5.41, 5.74) is 5.81. The van der Waals surface area contributed by atoms with Gasteiger partial charge in [-0.15, -0.1) is 10.2 Å². The Hall–Kier alpha value is -2.77. The lowest BCUT2D eigenvalue weighted by molar-refractivity contribution is -0.0384. The van der Waals surface area contributed by atoms with E-state index >= 15 is 0 Å². The summed E-state index contributed by atoms with van der Waals surface area (Å²) in [6.45, 7) is 2.31. The third-order valence-corrected chi connectivity index (χ3v) is 3.94. The van der Waals surface area contributed by atoms with Crippen LogP contribution in [-0.4, -0.2) is 62.1 Å². The largest absolute Gasteiger partial charge is 0.387 e. The van der Waals surface area contributed by atoms with Gasteiger partial charge >= 0.3 is 6.08 Å². The highest BCUT2D eigenvalue weighted by atomic mass is 19.1. The molecule has 4 N–H and O–H groups in total. The Balaban J connectivity index is 1.72. The molecule has 0 saturated carbocycles. The zero-order valence-corrected chi connectivity index (χ0v) is 12.9. The van der Waals surface area contributed by atoms with Crippen molar-refractivity contribution in [2.24, 2.45) is 0 Å². The maximum Gasteiger partial charge on any atom is 0.312 e. The smallest absolute Gasteiger partial charge is 0.312 e. The van der Waals surface area contributed by atoms with Crippen LogP contribution in [0.25, 0.3) is 11.2 Å². The van der Waals surface area contributed by atoms with E-state index in [9.17, 15) is 14.6 Å². The van der Waals surface area contributed by atoms with Crippen LogP contribution in [0.5, 0.6) is 0 Å². The van der Waals surface area contributed by atoms with Gasteiger partial charge in [0.1, 0.15) is 12.2 Å². The molecule has 0 radical (unpaired) electrons. The number of nitrogen functional groups attached to an aromatic ring is 1. The normalized spacial score (nSPS) is 26.6. The predicted octanol–water partition coefficient (Wildman–Crippen LogP) is -1.45. The number of tetrazole rings is 1. The Morgan fingerprint density at radius 2 is 2.12 bits per heavy atom. The Labute approximate surface area is 139 Å². The van der Waals surface area contributed by atoms with Crippen LogP contribution < -0.4 is 5.73 Å². The molecule has 3 aromatic heterocycles. The molecular weight excluding hydrogens is 337 g/mol. The van der Waals surface area contributed by atoms with E-state index in [0.717, 1.165) is 0 Å². The number of halogens is 1. The summed E-state index contributed by atoms with van der Waals surface area (Å²) in [6.07, 6.45) is -4.54. The Kier molecular flexibility index (Phi) is 3.55. The molecule has 0 aliphatic carbocycles. The second-order valence-corrected chi connectivity index (χ2v) is 5.47. The molecule has 4 heterocycles. The number of hydrogen-bond donors (Lipinski definition) is 3. The number of nitrogens with zero attached hydrogens (tertiary/aromatic N) is 8. The minimum Gasteiger partial charge on any atom is -0.387 e. The number of aryl methyl sites for hydroxylation is 1. The van der Waals surface area contributed by atoms with Crippen LogP contribution in [0.1, 0.15) is 25.1 Å². The molecule has 0 spiro atoms. The number of aliphatic hydroxyl groups is 2. The summed E-state index contributed by atoms with van der Waals surface area (Å²) < 4.78 is 20.4. The van der Waals surface area contributed by atoms with Crippen molar-refractivity contribution in [2.45, 2.75) is 38.0 Å². The van der Waals surface area contributed by atoms with Gasteiger partial charge in [-0.25, -0.2) is 4.98 Å². The summed E-state index contributed by atoms with van der Waals surface area (Å²) in [7, 11) is 0. The van der Waals surface area contributed by atoms with Crippen molar-refractivity contribution < 1.29 is 19.3 Å². The third-order valence-electron chi connectivity index (χ3n) is 3.94. The maximum absolute atomic E-state index is 13.5. The molecule has 1 aliphatic rings. The molecular formula is C12H14FN9O3. The number of ether oxygens (including phenoxy) is 1. The number of aromatic nitrogens is 8. The number of hydrogen-bond acceptors (Lipinski definition) is 10. The van der Waals surface area contributed by atoms with Crippen LogP contribution in [0.2, 0.25) is 0 Å². The molecule has 1 fully saturated rings. The monoisotopic (exact) mass is 351 g/mol. The van der Waals surface area contributed by atoms with Gasteiger partial charge in [0.25, 0.3) is 0 Å². The van der Waals surface area contributed by atoms with E-state index in [1.165, 1.54) is 15.7 Å². The second-order valence-electron chi connectivity index (χ2n) is 5.47. The average molecular weight is 351 g/mol. The molecule has 13 heteroatoms. The molecule has 4 atom stereocenters. The van der Waals surface area contributed by atoms with E-state index in [2.05, 4.69) is 30.4 Å². The van der Waals surface area contributed by atoms with Crippen LogP contribution in [0.15, 0.2) is 6.33 Å². The van der Waals surface area contributed by atoms with Gasteiger partial charge in [-0.3, -0.25) is 4.57 Å². The van der Waals surface area contributed by atoms with Crippen molar-refractivity contribution in [3.05, 3.63) is 18.2 Å². The minimum atomic E-state index is -1.35. The molecule has 0 amide bonds. The molecule has 0 aromatic carbocycles. The number of nitrogens with two attached hydrogens (primary N) is 1. The van der Waals surface area contributed by atoms with E-state index in [1.807, 2.05) is 6.92 Å². The Morgan fingerprint density at radius 1 is 1.32 bits per heavy atom. The molecule has 0 unspecified atom stereocenters. The Morgan fingerprint density at radius 3 is 2.84 bits per heavy atom. The summed E-state index contributed by atoms with van der Waals surface area (Å²) in [5, 5.41) is 32.3. The van der Waals surface area contributed by atoms with Gasteiger partial charge in [-0.1, -0.05) is 0 Å². The number of aliphatic hydroxyl groups excluding tert-OH is 2. The first-order valence-corrected chi connectivity index (χ1v) is 7.44. The van der Waals surface area contributed by atoms with Gasteiger partial charge in [0.15, 0.2) is 29.3 Å². The van der Waals surface area contributed by atoms with Gasteiger partial charge in [-0.05, 0) is 12.1 Å². The lowest BCUT2D eigenvalue weighted by atomic mass is 10.1. The third kappa shape index (κ3) is 2.40. The zero-order chi connectivity index (χ0) is 17.7. The molecule has 1 saturated heterocycles. The fourth-order valence-electron chi connectivity index (χ4n) is 2.70. The first kappa shape index (κ1) is 15.7. The SMILES string of the molecule is CCn1nnc([C@H]2O[C@@H](n3cnc4c(N)nc(F)nc43)[C@H](O)[C@@H]2O)n1. The van der Waals surface area contributed by atoms with Crippen molar-refractivity contribution in [3.63, 3.8) is 0 Å². The average Bonchev–Trinajstić information content (AvgIpc) is 3.27. The number of imidazole rings is 1. The van der Waals surface area contributed by atoms with Crippen LogP contribution in [-0.2, 0) is 11.3 Å². The molecule has 1 aliphatic heterocycles. The van der Waals surface area contributed by atoms with Crippen molar-refractivity contribution in [1.82, 2.24) is 39.7 Å². The van der Waals surface area contributed by atoms with E-state index in [1.54, 1.807) is 0 Å². The van der Waals surface area contributed by atoms with Crippen molar-refractivity contribution >= 4 is 17.0 Å². The second kappa shape index (κ2) is 5.65. The fraction of sp³-hybridized carbons (Fsp3) is 0.500. The van der Waals surface area contributed by atoms with Gasteiger partial charge in [0.05, 0.1) is 12.9 Å². The lowest BCUT2D eigenvalue weighted by Gasteiger charge is -2.16. The highest BCUT2D eigenvalue weighted by Gasteiger charge is 2.47. The minimum absolute atomic E-state index is 0.0343.